The average Bonchev–Trinajstić information content (AvgIpc) is 3.20. The number of aliphatic hydroxyl groups excluding tert-OH is 1. The molecule has 2 aliphatic rings. The van der Waals surface area contributed by atoms with E-state index in [9.17, 15) is 5.11 Å². The van der Waals surface area contributed by atoms with Crippen LogP contribution in [0.4, 0.5) is 0 Å². The van der Waals surface area contributed by atoms with Gasteiger partial charge in [0.2, 0.25) is 0 Å². The van der Waals surface area contributed by atoms with Crippen LogP contribution in [0.1, 0.15) is 48.8 Å². The van der Waals surface area contributed by atoms with Crippen molar-refractivity contribution in [1.82, 2.24) is 9.97 Å². The Morgan fingerprint density at radius 1 is 1.33 bits per heavy atom. The molecule has 0 spiro atoms. The number of aliphatic hydroxyl groups is 1. The van der Waals surface area contributed by atoms with E-state index in [0.29, 0.717) is 5.92 Å². The third-order valence-electron chi connectivity index (χ3n) is 4.14. The second-order valence-electron chi connectivity index (χ2n) is 5.58. The zero-order chi connectivity index (χ0) is 12.6. The van der Waals surface area contributed by atoms with Crippen molar-refractivity contribution in [2.75, 3.05) is 19.8 Å². The summed E-state index contributed by atoms with van der Waals surface area (Å²) in [5.41, 5.74) is 2.02. The minimum Gasteiger partial charge on any atom is -0.395 e. The number of ether oxygens (including phenoxy) is 1. The molecule has 98 valence electrons. The van der Waals surface area contributed by atoms with E-state index >= 15 is 0 Å². The van der Waals surface area contributed by atoms with Gasteiger partial charge < -0.3 is 9.84 Å². The predicted molar refractivity (Wildman–Crippen MR) is 67.6 cm³/mol. The van der Waals surface area contributed by atoms with Crippen LogP contribution in [-0.4, -0.2) is 34.9 Å². The zero-order valence-electron chi connectivity index (χ0n) is 10.9. The topological polar surface area (TPSA) is 55.2 Å². The Bertz CT molecular complexity index is 437. The molecule has 1 saturated carbocycles. The van der Waals surface area contributed by atoms with Crippen molar-refractivity contribution in [3.05, 3.63) is 23.3 Å². The molecule has 1 N–H and O–H groups in total. The number of aryl methyl sites for hydroxylation is 1. The minimum absolute atomic E-state index is 0.133. The van der Waals surface area contributed by atoms with Crippen LogP contribution in [0.2, 0.25) is 0 Å². The van der Waals surface area contributed by atoms with Crippen LogP contribution in [0.3, 0.4) is 0 Å². The molecule has 3 rings (SSSR count). The monoisotopic (exact) mass is 248 g/mol. The highest BCUT2D eigenvalue weighted by atomic mass is 16.5. The quantitative estimate of drug-likeness (QED) is 0.884. The molecule has 0 bridgehead atoms. The fraction of sp³-hybridized carbons (Fsp3) is 0.714. The van der Waals surface area contributed by atoms with Crippen LogP contribution in [0.25, 0.3) is 0 Å². The van der Waals surface area contributed by atoms with E-state index in [1.807, 2.05) is 6.92 Å². The molecule has 1 aliphatic heterocycles. The Hall–Kier alpha value is -1.00. The number of aromatic nitrogens is 2. The van der Waals surface area contributed by atoms with Gasteiger partial charge in [0.1, 0.15) is 5.82 Å². The highest BCUT2D eigenvalue weighted by Crippen LogP contribution is 2.46. The van der Waals surface area contributed by atoms with Crippen molar-refractivity contribution >= 4 is 0 Å². The largest absolute Gasteiger partial charge is 0.395 e. The van der Waals surface area contributed by atoms with Gasteiger partial charge in [0, 0.05) is 30.5 Å². The van der Waals surface area contributed by atoms with Crippen LogP contribution in [0.15, 0.2) is 6.07 Å². The maximum Gasteiger partial charge on any atom is 0.137 e. The number of rotatable bonds is 3. The smallest absolute Gasteiger partial charge is 0.137 e. The number of nitrogens with zero attached hydrogens (tertiary/aromatic N) is 2. The maximum absolute atomic E-state index is 9.50. The van der Waals surface area contributed by atoms with Crippen molar-refractivity contribution in [1.29, 1.82) is 0 Å². The number of hydrogen-bond acceptors (Lipinski definition) is 4. The number of hydrogen-bond donors (Lipinski definition) is 1. The molecule has 0 aromatic carbocycles. The first-order valence-electron chi connectivity index (χ1n) is 6.78. The Labute approximate surface area is 107 Å². The molecule has 0 unspecified atom stereocenters. The molecular formula is C14H20N2O2. The van der Waals surface area contributed by atoms with Gasteiger partial charge in [-0.2, -0.15) is 0 Å². The van der Waals surface area contributed by atoms with E-state index in [1.165, 1.54) is 0 Å². The van der Waals surface area contributed by atoms with E-state index in [4.69, 9.17) is 9.72 Å². The highest BCUT2D eigenvalue weighted by Gasteiger charge is 2.47. The van der Waals surface area contributed by atoms with Gasteiger partial charge in [0.15, 0.2) is 0 Å². The first-order valence-corrected chi connectivity index (χ1v) is 6.78. The summed E-state index contributed by atoms with van der Waals surface area (Å²) in [6, 6.07) is 2.09. The summed E-state index contributed by atoms with van der Waals surface area (Å²) in [6.07, 6.45) is 4.12. The Morgan fingerprint density at radius 2 is 2.06 bits per heavy atom. The first kappa shape index (κ1) is 12.1. The molecule has 1 aromatic rings. The normalized spacial score (nSPS) is 23.0. The van der Waals surface area contributed by atoms with Gasteiger partial charge in [0.05, 0.1) is 12.0 Å². The van der Waals surface area contributed by atoms with Crippen LogP contribution in [0.5, 0.6) is 0 Å². The molecule has 18 heavy (non-hydrogen) atoms. The molecule has 0 amide bonds. The van der Waals surface area contributed by atoms with Gasteiger partial charge in [-0.05, 0) is 38.7 Å². The summed E-state index contributed by atoms with van der Waals surface area (Å²) >= 11 is 0. The molecular weight excluding hydrogens is 228 g/mol. The lowest BCUT2D eigenvalue weighted by Crippen LogP contribution is -2.21. The van der Waals surface area contributed by atoms with E-state index in [-0.39, 0.29) is 12.0 Å². The highest BCUT2D eigenvalue weighted by molar-refractivity contribution is 5.24. The molecule has 4 nitrogen and oxygen atoms in total. The minimum atomic E-state index is -0.133. The third-order valence-corrected chi connectivity index (χ3v) is 4.14. The van der Waals surface area contributed by atoms with E-state index in [0.717, 1.165) is 56.1 Å². The second kappa shape index (κ2) is 4.59. The summed E-state index contributed by atoms with van der Waals surface area (Å²) in [6.45, 7) is 3.84. The van der Waals surface area contributed by atoms with Crippen molar-refractivity contribution in [3.8, 4) is 0 Å². The molecule has 4 heteroatoms. The molecule has 0 atom stereocenters. The van der Waals surface area contributed by atoms with Gasteiger partial charge >= 0.3 is 0 Å². The second-order valence-corrected chi connectivity index (χ2v) is 5.58. The standard InChI is InChI=1S/C14H20N2O2/c1-10-8-12(11-2-6-18-7-3-11)16-13(15-10)14(9-17)4-5-14/h8,11,17H,2-7,9H2,1H3. The van der Waals surface area contributed by atoms with Gasteiger partial charge in [-0.15, -0.1) is 0 Å². The van der Waals surface area contributed by atoms with Gasteiger partial charge in [-0.25, -0.2) is 9.97 Å². The average molecular weight is 248 g/mol. The molecule has 2 heterocycles. The summed E-state index contributed by atoms with van der Waals surface area (Å²) in [4.78, 5) is 9.27. The van der Waals surface area contributed by atoms with Crippen molar-refractivity contribution < 1.29 is 9.84 Å². The fourth-order valence-corrected chi connectivity index (χ4v) is 2.64. The lowest BCUT2D eigenvalue weighted by Gasteiger charge is -2.23. The molecule has 2 fully saturated rings. The lowest BCUT2D eigenvalue weighted by molar-refractivity contribution is 0.0843. The van der Waals surface area contributed by atoms with Gasteiger partial charge in [-0.1, -0.05) is 0 Å². The van der Waals surface area contributed by atoms with Crippen molar-refractivity contribution in [2.45, 2.75) is 43.9 Å². The Balaban J connectivity index is 1.90. The summed E-state index contributed by atoms with van der Waals surface area (Å²) < 4.78 is 5.40. The SMILES string of the molecule is Cc1cc(C2CCOCC2)nc(C2(CO)CC2)n1. The molecule has 1 aromatic heterocycles. The predicted octanol–water partition coefficient (Wildman–Crippen LogP) is 1.70. The Morgan fingerprint density at radius 3 is 2.67 bits per heavy atom. The summed E-state index contributed by atoms with van der Waals surface area (Å²) in [7, 11) is 0. The van der Waals surface area contributed by atoms with Gasteiger partial charge in [0.25, 0.3) is 0 Å². The van der Waals surface area contributed by atoms with E-state index in [2.05, 4.69) is 11.1 Å². The van der Waals surface area contributed by atoms with E-state index in [1.54, 1.807) is 0 Å². The van der Waals surface area contributed by atoms with Crippen LogP contribution in [-0.2, 0) is 10.2 Å². The van der Waals surface area contributed by atoms with Crippen LogP contribution in [0, 0.1) is 6.92 Å². The van der Waals surface area contributed by atoms with Gasteiger partial charge in [-0.3, -0.25) is 0 Å². The molecule has 0 radical (unpaired) electrons. The Kier molecular flexibility index (Phi) is 3.08. The maximum atomic E-state index is 9.50. The summed E-state index contributed by atoms with van der Waals surface area (Å²) in [5, 5.41) is 9.50. The molecule has 1 saturated heterocycles. The van der Waals surface area contributed by atoms with Crippen LogP contribution >= 0.6 is 0 Å². The molecule has 1 aliphatic carbocycles. The third kappa shape index (κ3) is 2.15. The van der Waals surface area contributed by atoms with E-state index < -0.39 is 0 Å². The lowest BCUT2D eigenvalue weighted by atomic mass is 9.95. The van der Waals surface area contributed by atoms with Crippen molar-refractivity contribution in [2.24, 2.45) is 0 Å². The van der Waals surface area contributed by atoms with Crippen molar-refractivity contribution in [3.63, 3.8) is 0 Å². The summed E-state index contributed by atoms with van der Waals surface area (Å²) in [5.74, 6) is 1.35. The fourth-order valence-electron chi connectivity index (χ4n) is 2.64. The first-order chi connectivity index (χ1) is 8.73. The van der Waals surface area contributed by atoms with Crippen LogP contribution < -0.4 is 0 Å². The zero-order valence-corrected chi connectivity index (χ0v) is 10.9.